The van der Waals surface area contributed by atoms with Crippen LogP contribution in [0.1, 0.15) is 33.1 Å². The van der Waals surface area contributed by atoms with Crippen molar-refractivity contribution >= 4 is 17.5 Å². The van der Waals surface area contributed by atoms with Gasteiger partial charge in [-0.1, -0.05) is 6.07 Å². The first-order valence-corrected chi connectivity index (χ1v) is 7.41. The van der Waals surface area contributed by atoms with E-state index in [1.165, 1.54) is 18.3 Å². The van der Waals surface area contributed by atoms with Crippen LogP contribution >= 0.6 is 0 Å². The molecule has 3 aromatic heterocycles. The number of nitrogens with zero attached hydrogens (tertiary/aromatic N) is 4. The first kappa shape index (κ1) is 15.6. The van der Waals surface area contributed by atoms with Gasteiger partial charge in [-0.15, -0.1) is 10.2 Å². The molecule has 24 heavy (non-hydrogen) atoms. The minimum atomic E-state index is -1.16. The zero-order chi connectivity index (χ0) is 16.9. The van der Waals surface area contributed by atoms with Crippen molar-refractivity contribution in [1.29, 1.82) is 0 Å². The highest BCUT2D eigenvalue weighted by atomic mass is 16.4. The van der Waals surface area contributed by atoms with E-state index in [1.807, 2.05) is 28.8 Å². The molecule has 0 aliphatic heterocycles. The molecule has 0 spiro atoms. The molecule has 0 aliphatic carbocycles. The second-order valence-electron chi connectivity index (χ2n) is 5.14. The molecule has 2 N–H and O–H groups in total. The average Bonchev–Trinajstić information content (AvgIpc) is 3.02. The topological polar surface area (TPSA) is 109 Å². The van der Waals surface area contributed by atoms with E-state index in [1.54, 1.807) is 0 Å². The number of hydrogen-bond acceptors (Lipinski definition) is 5. The number of amides is 1. The summed E-state index contributed by atoms with van der Waals surface area (Å²) < 4.78 is 1.91. The SMILES string of the molecule is O=C(NCCCc1nnc2ccccn12)c1ccnc(C(=O)O)c1. The fraction of sp³-hybridized carbons (Fsp3) is 0.188. The van der Waals surface area contributed by atoms with Crippen molar-refractivity contribution in [3.8, 4) is 0 Å². The molecule has 0 saturated heterocycles. The molecule has 3 rings (SSSR count). The van der Waals surface area contributed by atoms with Crippen LogP contribution in [0, 0.1) is 0 Å². The van der Waals surface area contributed by atoms with E-state index >= 15 is 0 Å². The van der Waals surface area contributed by atoms with Gasteiger partial charge in [-0.05, 0) is 30.7 Å². The molecule has 122 valence electrons. The van der Waals surface area contributed by atoms with Crippen LogP contribution in [0.25, 0.3) is 5.65 Å². The molecule has 0 saturated carbocycles. The number of nitrogens with one attached hydrogen (secondary N) is 1. The van der Waals surface area contributed by atoms with Crippen molar-refractivity contribution < 1.29 is 14.7 Å². The molecule has 0 aliphatic rings. The number of aromatic carboxylic acids is 1. The third-order valence-electron chi connectivity index (χ3n) is 3.49. The van der Waals surface area contributed by atoms with E-state index in [0.29, 0.717) is 19.4 Å². The Morgan fingerprint density at radius 3 is 2.92 bits per heavy atom. The summed E-state index contributed by atoms with van der Waals surface area (Å²) >= 11 is 0. The van der Waals surface area contributed by atoms with Crippen LogP contribution in [0.4, 0.5) is 0 Å². The summed E-state index contributed by atoms with van der Waals surface area (Å²) in [5.41, 5.74) is 0.905. The molecule has 0 fully saturated rings. The van der Waals surface area contributed by atoms with Crippen molar-refractivity contribution in [2.75, 3.05) is 6.54 Å². The zero-order valence-corrected chi connectivity index (χ0v) is 12.7. The summed E-state index contributed by atoms with van der Waals surface area (Å²) in [6.07, 6.45) is 4.56. The molecule has 3 heterocycles. The predicted molar refractivity (Wildman–Crippen MR) is 84.8 cm³/mol. The lowest BCUT2D eigenvalue weighted by molar-refractivity contribution is 0.0690. The molecular formula is C16H15N5O3. The van der Waals surface area contributed by atoms with Gasteiger partial charge in [-0.2, -0.15) is 0 Å². The Labute approximate surface area is 137 Å². The predicted octanol–water partition coefficient (Wildman–Crippen LogP) is 1.19. The number of pyridine rings is 2. The van der Waals surface area contributed by atoms with E-state index in [0.717, 1.165) is 11.5 Å². The van der Waals surface area contributed by atoms with Crippen molar-refractivity contribution in [3.63, 3.8) is 0 Å². The largest absolute Gasteiger partial charge is 0.477 e. The Balaban J connectivity index is 1.54. The lowest BCUT2D eigenvalue weighted by atomic mass is 10.2. The highest BCUT2D eigenvalue weighted by Gasteiger charge is 2.10. The van der Waals surface area contributed by atoms with Crippen LogP contribution < -0.4 is 5.32 Å². The lowest BCUT2D eigenvalue weighted by Crippen LogP contribution is -2.25. The summed E-state index contributed by atoms with van der Waals surface area (Å²) in [5.74, 6) is -0.661. The third kappa shape index (κ3) is 3.37. The quantitative estimate of drug-likeness (QED) is 0.659. The monoisotopic (exact) mass is 325 g/mol. The molecule has 0 atom stereocenters. The Morgan fingerprint density at radius 1 is 1.21 bits per heavy atom. The number of hydrogen-bond donors (Lipinski definition) is 2. The van der Waals surface area contributed by atoms with Gasteiger partial charge in [0.1, 0.15) is 11.5 Å². The van der Waals surface area contributed by atoms with Gasteiger partial charge in [0, 0.05) is 30.9 Å². The minimum absolute atomic E-state index is 0.155. The molecule has 0 radical (unpaired) electrons. The fourth-order valence-corrected chi connectivity index (χ4v) is 2.30. The van der Waals surface area contributed by atoms with Crippen LogP contribution in [-0.2, 0) is 6.42 Å². The standard InChI is InChI=1S/C16H15N5O3/c22-15(11-6-8-17-12(10-11)16(23)24)18-7-3-5-14-20-19-13-4-1-2-9-21(13)14/h1-2,4,6,8-10H,3,5,7H2,(H,18,22)(H,23,24). The van der Waals surface area contributed by atoms with Crippen LogP contribution in [0.2, 0.25) is 0 Å². The molecule has 0 unspecified atom stereocenters. The van der Waals surface area contributed by atoms with Crippen LogP contribution in [0.15, 0.2) is 42.7 Å². The Kier molecular flexibility index (Phi) is 4.46. The first-order chi connectivity index (χ1) is 11.6. The van der Waals surface area contributed by atoms with Crippen molar-refractivity contribution in [3.05, 3.63) is 59.8 Å². The Bertz CT molecular complexity index is 890. The number of carboxylic acids is 1. The highest BCUT2D eigenvalue weighted by molar-refractivity contribution is 5.96. The van der Waals surface area contributed by atoms with Gasteiger partial charge in [0.25, 0.3) is 5.91 Å². The third-order valence-corrected chi connectivity index (χ3v) is 3.49. The second-order valence-corrected chi connectivity index (χ2v) is 5.14. The first-order valence-electron chi connectivity index (χ1n) is 7.41. The minimum Gasteiger partial charge on any atom is -0.477 e. The summed E-state index contributed by atoms with van der Waals surface area (Å²) in [5, 5.41) is 19.8. The summed E-state index contributed by atoms with van der Waals surface area (Å²) in [6.45, 7) is 0.450. The van der Waals surface area contributed by atoms with E-state index in [2.05, 4.69) is 20.5 Å². The molecule has 3 aromatic rings. The highest BCUT2D eigenvalue weighted by Crippen LogP contribution is 2.05. The van der Waals surface area contributed by atoms with Gasteiger partial charge >= 0.3 is 5.97 Å². The van der Waals surface area contributed by atoms with E-state index in [4.69, 9.17) is 5.11 Å². The number of aromatic nitrogens is 4. The fourth-order valence-electron chi connectivity index (χ4n) is 2.30. The van der Waals surface area contributed by atoms with Gasteiger partial charge < -0.3 is 10.4 Å². The van der Waals surface area contributed by atoms with Crippen molar-refractivity contribution in [2.45, 2.75) is 12.8 Å². The van der Waals surface area contributed by atoms with E-state index in [-0.39, 0.29) is 17.2 Å². The molecule has 8 heteroatoms. The van der Waals surface area contributed by atoms with Crippen molar-refractivity contribution in [1.82, 2.24) is 24.9 Å². The van der Waals surface area contributed by atoms with Gasteiger partial charge in [-0.3, -0.25) is 9.20 Å². The number of aryl methyl sites for hydroxylation is 1. The van der Waals surface area contributed by atoms with E-state index in [9.17, 15) is 9.59 Å². The number of rotatable bonds is 6. The Hall–Kier alpha value is -3.29. The summed E-state index contributed by atoms with van der Waals surface area (Å²) in [6, 6.07) is 8.42. The number of fused-ring (bicyclic) bond motifs is 1. The smallest absolute Gasteiger partial charge is 0.354 e. The number of carboxylic acid groups (broad SMARTS) is 1. The van der Waals surface area contributed by atoms with Gasteiger partial charge in [0.15, 0.2) is 5.65 Å². The van der Waals surface area contributed by atoms with Crippen molar-refractivity contribution in [2.24, 2.45) is 0 Å². The second kappa shape index (κ2) is 6.86. The Morgan fingerprint density at radius 2 is 2.08 bits per heavy atom. The van der Waals surface area contributed by atoms with Gasteiger partial charge in [0.2, 0.25) is 0 Å². The summed E-state index contributed by atoms with van der Waals surface area (Å²) in [4.78, 5) is 26.6. The van der Waals surface area contributed by atoms with Crippen LogP contribution in [-0.4, -0.2) is 43.1 Å². The lowest BCUT2D eigenvalue weighted by Gasteiger charge is -2.05. The number of carbonyl (C=O) groups is 2. The maximum absolute atomic E-state index is 12.0. The molecule has 8 nitrogen and oxygen atoms in total. The number of carbonyl (C=O) groups excluding carboxylic acids is 1. The van der Waals surface area contributed by atoms with Gasteiger partial charge in [-0.25, -0.2) is 9.78 Å². The average molecular weight is 325 g/mol. The maximum atomic E-state index is 12.0. The molecule has 0 aromatic carbocycles. The molecular weight excluding hydrogens is 310 g/mol. The van der Waals surface area contributed by atoms with E-state index < -0.39 is 5.97 Å². The molecule has 1 amide bonds. The zero-order valence-electron chi connectivity index (χ0n) is 12.7. The maximum Gasteiger partial charge on any atom is 0.354 e. The molecule has 0 bridgehead atoms. The summed E-state index contributed by atoms with van der Waals surface area (Å²) in [7, 11) is 0. The van der Waals surface area contributed by atoms with Gasteiger partial charge in [0.05, 0.1) is 0 Å². The normalized spacial score (nSPS) is 10.7. The van der Waals surface area contributed by atoms with Crippen LogP contribution in [0.3, 0.4) is 0 Å². The van der Waals surface area contributed by atoms with Crippen LogP contribution in [0.5, 0.6) is 0 Å².